The molecule has 3 nitrogen and oxygen atoms in total. The smallest absolute Gasteiger partial charge is 0.147 e. The quantitative estimate of drug-likeness (QED) is 0.428. The maximum atomic E-state index is 8.98. The predicted molar refractivity (Wildman–Crippen MR) is 95.4 cm³/mol. The van der Waals surface area contributed by atoms with Crippen molar-refractivity contribution in [2.24, 2.45) is 5.73 Å². The highest BCUT2D eigenvalue weighted by molar-refractivity contribution is 5.85. The summed E-state index contributed by atoms with van der Waals surface area (Å²) in [6.45, 7) is 2.31. The van der Waals surface area contributed by atoms with Gasteiger partial charge in [0, 0.05) is 0 Å². The van der Waals surface area contributed by atoms with Crippen LogP contribution in [0.15, 0.2) is 24.3 Å². The third kappa shape index (κ3) is 10.0. The maximum absolute atomic E-state index is 8.98. The topological polar surface area (TPSA) is 55.5 Å². The van der Waals surface area contributed by atoms with E-state index in [0.717, 1.165) is 24.2 Å². The van der Waals surface area contributed by atoms with Gasteiger partial charge in [0.15, 0.2) is 0 Å². The normalized spacial score (nSPS) is 11.8. The van der Waals surface area contributed by atoms with Crippen molar-refractivity contribution >= 4 is 12.4 Å². The lowest BCUT2D eigenvalue weighted by Gasteiger charge is -2.14. The molecule has 0 aromatic heterocycles. The number of hydrogen-bond acceptors (Lipinski definition) is 3. The Hall–Kier alpha value is -0.770. The van der Waals surface area contributed by atoms with E-state index < -0.39 is 0 Å². The number of hydrogen-bond donors (Lipinski definition) is 2. The van der Waals surface area contributed by atoms with E-state index >= 15 is 0 Å². The fourth-order valence-electron chi connectivity index (χ4n) is 2.39. The molecule has 0 fully saturated rings. The zero-order valence-electron chi connectivity index (χ0n) is 13.8. The molecular formula is C18H32ClNO2. The molecule has 0 saturated carbocycles. The minimum Gasteiger partial charge on any atom is -0.476 e. The number of ether oxygens (including phenoxy) is 1. The van der Waals surface area contributed by atoms with E-state index in [0.29, 0.717) is 0 Å². The highest BCUT2D eigenvalue weighted by Gasteiger charge is 2.04. The van der Waals surface area contributed by atoms with Gasteiger partial charge in [-0.3, -0.25) is 5.73 Å². The molecule has 1 rings (SSSR count). The molecule has 1 atom stereocenters. The van der Waals surface area contributed by atoms with Gasteiger partial charge in [-0.2, -0.15) is 0 Å². The molecular weight excluding hydrogens is 298 g/mol. The number of aliphatic hydroxyl groups is 1. The highest BCUT2D eigenvalue weighted by atomic mass is 35.5. The van der Waals surface area contributed by atoms with Crippen molar-refractivity contribution in [1.82, 2.24) is 0 Å². The van der Waals surface area contributed by atoms with Crippen molar-refractivity contribution < 1.29 is 9.84 Å². The summed E-state index contributed by atoms with van der Waals surface area (Å²) < 4.78 is 5.67. The summed E-state index contributed by atoms with van der Waals surface area (Å²) in [6.07, 6.45) is 11.1. The average Bonchev–Trinajstić information content (AvgIpc) is 2.50. The van der Waals surface area contributed by atoms with Crippen molar-refractivity contribution in [3.8, 4) is 5.75 Å². The zero-order valence-corrected chi connectivity index (χ0v) is 14.6. The van der Waals surface area contributed by atoms with Crippen LogP contribution in [0.2, 0.25) is 0 Å². The molecule has 22 heavy (non-hydrogen) atoms. The third-order valence-corrected chi connectivity index (χ3v) is 3.74. The second-order valence-electron chi connectivity index (χ2n) is 5.72. The molecule has 1 aromatic rings. The minimum absolute atomic E-state index is 0. The second kappa shape index (κ2) is 13.9. The Bertz CT molecular complexity index is 357. The van der Waals surface area contributed by atoms with Crippen LogP contribution in [0, 0.1) is 0 Å². The molecule has 0 aliphatic rings. The van der Waals surface area contributed by atoms with Crippen LogP contribution in [0.25, 0.3) is 0 Å². The van der Waals surface area contributed by atoms with Gasteiger partial charge in [-0.25, -0.2) is 0 Å². The van der Waals surface area contributed by atoms with Crippen molar-refractivity contribution in [2.45, 2.75) is 77.5 Å². The van der Waals surface area contributed by atoms with Crippen LogP contribution in [-0.2, 0) is 6.61 Å². The molecule has 0 amide bonds. The van der Waals surface area contributed by atoms with E-state index in [4.69, 9.17) is 15.6 Å². The number of nitrogens with two attached hydrogens (primary N) is 1. The molecule has 128 valence electrons. The largest absolute Gasteiger partial charge is 0.476 e. The molecule has 3 N–H and O–H groups in total. The summed E-state index contributed by atoms with van der Waals surface area (Å²) in [7, 11) is 0. The number of halogens is 1. The first-order valence-electron chi connectivity index (χ1n) is 8.38. The van der Waals surface area contributed by atoms with Crippen LogP contribution in [0.1, 0.15) is 70.3 Å². The van der Waals surface area contributed by atoms with E-state index in [1.807, 2.05) is 24.3 Å². The summed E-state index contributed by atoms with van der Waals surface area (Å²) >= 11 is 0. The van der Waals surface area contributed by atoms with Gasteiger partial charge in [0.05, 0.1) is 6.61 Å². The Kier molecular flexibility index (Phi) is 13.4. The zero-order chi connectivity index (χ0) is 15.3. The van der Waals surface area contributed by atoms with Crippen LogP contribution in [-0.4, -0.2) is 11.3 Å². The van der Waals surface area contributed by atoms with Gasteiger partial charge < -0.3 is 9.84 Å². The van der Waals surface area contributed by atoms with E-state index in [2.05, 4.69) is 6.92 Å². The maximum Gasteiger partial charge on any atom is 0.147 e. The molecule has 0 saturated heterocycles. The molecule has 0 heterocycles. The van der Waals surface area contributed by atoms with Crippen LogP contribution in [0.5, 0.6) is 5.75 Å². The second-order valence-corrected chi connectivity index (χ2v) is 5.72. The molecule has 0 radical (unpaired) electrons. The number of unbranched alkanes of at least 4 members (excludes halogenated alkanes) is 7. The SMILES string of the molecule is CCCCCCCCCCC(N)Oc1ccc(CO)cc1.Cl. The molecule has 0 aliphatic carbocycles. The lowest BCUT2D eigenvalue weighted by atomic mass is 10.1. The van der Waals surface area contributed by atoms with Crippen LogP contribution in [0.3, 0.4) is 0 Å². The minimum atomic E-state index is -0.231. The summed E-state index contributed by atoms with van der Waals surface area (Å²) in [5.74, 6) is 0.777. The fourth-order valence-corrected chi connectivity index (χ4v) is 2.39. The fraction of sp³-hybridized carbons (Fsp3) is 0.667. The predicted octanol–water partition coefficient (Wildman–Crippen LogP) is 4.80. The Morgan fingerprint density at radius 3 is 2.05 bits per heavy atom. The van der Waals surface area contributed by atoms with Crippen molar-refractivity contribution in [1.29, 1.82) is 0 Å². The summed E-state index contributed by atoms with van der Waals surface area (Å²) in [4.78, 5) is 0. The average molecular weight is 330 g/mol. The van der Waals surface area contributed by atoms with Crippen LogP contribution in [0.4, 0.5) is 0 Å². The van der Waals surface area contributed by atoms with E-state index in [1.54, 1.807) is 0 Å². The molecule has 0 spiro atoms. The number of benzene rings is 1. The van der Waals surface area contributed by atoms with Gasteiger partial charge in [-0.15, -0.1) is 12.4 Å². The third-order valence-electron chi connectivity index (χ3n) is 3.74. The van der Waals surface area contributed by atoms with Gasteiger partial charge in [0.1, 0.15) is 12.0 Å². The lowest BCUT2D eigenvalue weighted by Crippen LogP contribution is -2.26. The van der Waals surface area contributed by atoms with E-state index in [1.165, 1.54) is 44.9 Å². The Morgan fingerprint density at radius 1 is 0.955 bits per heavy atom. The van der Waals surface area contributed by atoms with Crippen molar-refractivity contribution in [3.05, 3.63) is 29.8 Å². The number of aliphatic hydroxyl groups excluding tert-OH is 1. The summed E-state index contributed by atoms with van der Waals surface area (Å²) in [5, 5.41) is 8.98. The number of rotatable bonds is 12. The first kappa shape index (κ1) is 21.2. The summed E-state index contributed by atoms with van der Waals surface area (Å²) in [6, 6.07) is 7.44. The van der Waals surface area contributed by atoms with Gasteiger partial charge in [-0.05, 0) is 30.5 Å². The Morgan fingerprint density at radius 2 is 1.50 bits per heavy atom. The van der Waals surface area contributed by atoms with Gasteiger partial charge >= 0.3 is 0 Å². The van der Waals surface area contributed by atoms with Gasteiger partial charge in [0.25, 0.3) is 0 Å². The lowest BCUT2D eigenvalue weighted by molar-refractivity contribution is 0.194. The summed E-state index contributed by atoms with van der Waals surface area (Å²) in [5.41, 5.74) is 6.87. The molecule has 4 heteroatoms. The molecule has 0 bridgehead atoms. The molecule has 1 aromatic carbocycles. The van der Waals surface area contributed by atoms with Gasteiger partial charge in [0.2, 0.25) is 0 Å². The Labute approximate surface area is 141 Å². The first-order chi connectivity index (χ1) is 10.3. The highest BCUT2D eigenvalue weighted by Crippen LogP contribution is 2.15. The van der Waals surface area contributed by atoms with Crippen molar-refractivity contribution in [2.75, 3.05) is 0 Å². The Balaban J connectivity index is 0.00000441. The van der Waals surface area contributed by atoms with Crippen LogP contribution >= 0.6 is 12.4 Å². The molecule has 1 unspecified atom stereocenters. The standard InChI is InChI=1S/C18H31NO2.ClH/c1-2-3-4-5-6-7-8-9-10-18(19)21-17-13-11-16(15-20)12-14-17;/h11-14,18,20H,2-10,15,19H2,1H3;1H. The first-order valence-corrected chi connectivity index (χ1v) is 8.38. The van der Waals surface area contributed by atoms with Crippen LogP contribution < -0.4 is 10.5 Å². The van der Waals surface area contributed by atoms with Crippen molar-refractivity contribution in [3.63, 3.8) is 0 Å². The van der Waals surface area contributed by atoms with E-state index in [9.17, 15) is 0 Å². The van der Waals surface area contributed by atoms with Gasteiger partial charge in [-0.1, -0.05) is 64.0 Å². The monoisotopic (exact) mass is 329 g/mol. The van der Waals surface area contributed by atoms with E-state index in [-0.39, 0.29) is 25.2 Å². The molecule has 0 aliphatic heterocycles.